The second-order valence-electron chi connectivity index (χ2n) is 8.13. The van der Waals surface area contributed by atoms with Gasteiger partial charge in [0, 0.05) is 43.8 Å². The first kappa shape index (κ1) is 17.9. The van der Waals surface area contributed by atoms with Crippen LogP contribution in [0, 0.1) is 17.8 Å². The Hall–Kier alpha value is -3.14. The third-order valence-corrected chi connectivity index (χ3v) is 6.36. The predicted molar refractivity (Wildman–Crippen MR) is 118 cm³/mol. The molecule has 2 aromatic carbocycles. The van der Waals surface area contributed by atoms with Crippen LogP contribution in [0.3, 0.4) is 0 Å². The van der Waals surface area contributed by atoms with E-state index in [2.05, 4.69) is 57.7 Å². The lowest BCUT2D eigenvalue weighted by Crippen LogP contribution is -2.26. The summed E-state index contributed by atoms with van der Waals surface area (Å²) in [6.07, 6.45) is 7.94. The standard InChI is InChI=1S/C25H25N3O/c29-25(10-7-18-4-3-12-26-15-18)27-13-11-22-23-16-28(17-24(22)23)21-9-8-19-5-1-2-6-20(19)14-21/h1-10,12,14-15,22-24H,11,13,16-17H2,(H,27,29)/b10-7+/t22-,23-,24+. The lowest BCUT2D eigenvalue weighted by Gasteiger charge is -2.22. The first-order valence-corrected chi connectivity index (χ1v) is 10.4. The van der Waals surface area contributed by atoms with E-state index < -0.39 is 0 Å². The normalized spacial score (nSPS) is 22.8. The fourth-order valence-corrected chi connectivity index (χ4v) is 4.73. The lowest BCUT2D eigenvalue weighted by molar-refractivity contribution is -0.116. The molecule has 1 saturated heterocycles. The Morgan fingerprint density at radius 2 is 1.90 bits per heavy atom. The molecule has 5 rings (SSSR count). The zero-order valence-electron chi connectivity index (χ0n) is 16.4. The number of carbonyl (C=O) groups excluding carboxylic acids is 1. The highest BCUT2D eigenvalue weighted by molar-refractivity contribution is 5.91. The molecule has 1 amide bonds. The van der Waals surface area contributed by atoms with Crippen LogP contribution in [0.2, 0.25) is 0 Å². The van der Waals surface area contributed by atoms with Gasteiger partial charge in [0.2, 0.25) is 5.91 Å². The number of aromatic nitrogens is 1. The minimum atomic E-state index is -0.0301. The van der Waals surface area contributed by atoms with Gasteiger partial charge in [-0.05, 0) is 64.8 Å². The quantitative estimate of drug-likeness (QED) is 0.651. The fraction of sp³-hybridized carbons (Fsp3) is 0.280. The second kappa shape index (κ2) is 7.70. The maximum atomic E-state index is 12.0. The molecule has 1 aliphatic carbocycles. The van der Waals surface area contributed by atoms with E-state index in [1.807, 2.05) is 12.1 Å². The van der Waals surface area contributed by atoms with Crippen LogP contribution < -0.4 is 10.2 Å². The van der Waals surface area contributed by atoms with Gasteiger partial charge in [-0.15, -0.1) is 0 Å². The summed E-state index contributed by atoms with van der Waals surface area (Å²) in [5, 5.41) is 5.62. The van der Waals surface area contributed by atoms with Gasteiger partial charge in [-0.2, -0.15) is 0 Å². The Morgan fingerprint density at radius 3 is 2.69 bits per heavy atom. The lowest BCUT2D eigenvalue weighted by atomic mass is 10.1. The molecule has 1 aromatic heterocycles. The monoisotopic (exact) mass is 383 g/mol. The molecule has 0 radical (unpaired) electrons. The van der Waals surface area contributed by atoms with Crippen molar-refractivity contribution in [2.75, 3.05) is 24.5 Å². The Bertz CT molecular complexity index is 1030. The summed E-state index contributed by atoms with van der Waals surface area (Å²) in [4.78, 5) is 18.5. The van der Waals surface area contributed by atoms with Crippen molar-refractivity contribution >= 4 is 28.4 Å². The molecule has 2 fully saturated rings. The van der Waals surface area contributed by atoms with Crippen LogP contribution >= 0.6 is 0 Å². The highest BCUT2D eigenvalue weighted by Gasteiger charge is 2.54. The third-order valence-electron chi connectivity index (χ3n) is 6.36. The number of rotatable bonds is 6. The van der Waals surface area contributed by atoms with Crippen molar-refractivity contribution < 1.29 is 4.79 Å². The van der Waals surface area contributed by atoms with E-state index >= 15 is 0 Å². The molecule has 0 spiro atoms. The van der Waals surface area contributed by atoms with E-state index in [4.69, 9.17) is 0 Å². The molecule has 2 aliphatic rings. The topological polar surface area (TPSA) is 45.2 Å². The molecule has 4 nitrogen and oxygen atoms in total. The van der Waals surface area contributed by atoms with Gasteiger partial charge in [-0.3, -0.25) is 9.78 Å². The van der Waals surface area contributed by atoms with Crippen molar-refractivity contribution in [2.24, 2.45) is 17.8 Å². The van der Waals surface area contributed by atoms with Gasteiger partial charge >= 0.3 is 0 Å². The number of anilines is 1. The number of nitrogens with one attached hydrogen (secondary N) is 1. The number of fused-ring (bicyclic) bond motifs is 2. The van der Waals surface area contributed by atoms with Crippen molar-refractivity contribution in [1.82, 2.24) is 10.3 Å². The van der Waals surface area contributed by atoms with Crippen molar-refractivity contribution in [2.45, 2.75) is 6.42 Å². The molecule has 3 atom stereocenters. The first-order chi connectivity index (χ1) is 14.3. The Kier molecular flexibility index (Phi) is 4.76. The third kappa shape index (κ3) is 3.88. The van der Waals surface area contributed by atoms with Gasteiger partial charge in [-0.1, -0.05) is 36.4 Å². The predicted octanol–water partition coefficient (Wildman–Crippen LogP) is 4.14. The van der Waals surface area contributed by atoms with Crippen molar-refractivity contribution in [3.8, 4) is 0 Å². The summed E-state index contributed by atoms with van der Waals surface area (Å²) in [6.45, 7) is 3.04. The molecule has 3 aromatic rings. The highest BCUT2D eigenvalue weighted by atomic mass is 16.1. The zero-order valence-corrected chi connectivity index (χ0v) is 16.4. The molecular weight excluding hydrogens is 358 g/mol. The highest BCUT2D eigenvalue weighted by Crippen LogP contribution is 2.54. The van der Waals surface area contributed by atoms with E-state index in [1.54, 1.807) is 24.5 Å². The van der Waals surface area contributed by atoms with Crippen LogP contribution in [0.1, 0.15) is 12.0 Å². The number of piperidine rings is 1. The molecule has 29 heavy (non-hydrogen) atoms. The summed E-state index contributed by atoms with van der Waals surface area (Å²) >= 11 is 0. The maximum Gasteiger partial charge on any atom is 0.244 e. The van der Waals surface area contributed by atoms with Crippen LogP contribution in [0.25, 0.3) is 16.8 Å². The van der Waals surface area contributed by atoms with Crippen molar-refractivity contribution in [3.05, 3.63) is 78.6 Å². The van der Waals surface area contributed by atoms with E-state index in [0.717, 1.165) is 49.4 Å². The van der Waals surface area contributed by atoms with Gasteiger partial charge in [0.05, 0.1) is 0 Å². The summed E-state index contributed by atoms with van der Waals surface area (Å²) in [7, 11) is 0. The minimum absolute atomic E-state index is 0.0301. The largest absolute Gasteiger partial charge is 0.371 e. The number of nitrogens with zero attached hydrogens (tertiary/aromatic N) is 2. The average molecular weight is 383 g/mol. The number of amides is 1. The number of pyridine rings is 1. The summed E-state index contributed by atoms with van der Waals surface area (Å²) in [6, 6.07) is 19.1. The van der Waals surface area contributed by atoms with Crippen LogP contribution in [-0.2, 0) is 4.79 Å². The van der Waals surface area contributed by atoms with Gasteiger partial charge in [0.1, 0.15) is 0 Å². The molecular formula is C25H25N3O. The van der Waals surface area contributed by atoms with E-state index in [1.165, 1.54) is 16.5 Å². The van der Waals surface area contributed by atoms with Crippen LogP contribution in [0.15, 0.2) is 73.1 Å². The molecule has 146 valence electrons. The smallest absolute Gasteiger partial charge is 0.244 e. The average Bonchev–Trinajstić information content (AvgIpc) is 3.20. The molecule has 1 saturated carbocycles. The van der Waals surface area contributed by atoms with Crippen molar-refractivity contribution in [1.29, 1.82) is 0 Å². The van der Waals surface area contributed by atoms with Gasteiger partial charge in [-0.25, -0.2) is 0 Å². The van der Waals surface area contributed by atoms with Crippen LogP contribution in [-0.4, -0.2) is 30.5 Å². The Balaban J connectivity index is 1.08. The van der Waals surface area contributed by atoms with E-state index in [9.17, 15) is 4.79 Å². The number of hydrogen-bond acceptors (Lipinski definition) is 3. The number of hydrogen-bond donors (Lipinski definition) is 1. The van der Waals surface area contributed by atoms with E-state index in [-0.39, 0.29) is 5.91 Å². The van der Waals surface area contributed by atoms with E-state index in [0.29, 0.717) is 0 Å². The summed E-state index contributed by atoms with van der Waals surface area (Å²) in [5.41, 5.74) is 2.27. The number of benzene rings is 2. The molecule has 2 heterocycles. The molecule has 1 N–H and O–H groups in total. The summed E-state index contributed by atoms with van der Waals surface area (Å²) < 4.78 is 0. The molecule has 0 bridgehead atoms. The van der Waals surface area contributed by atoms with Crippen molar-refractivity contribution in [3.63, 3.8) is 0 Å². The van der Waals surface area contributed by atoms with Crippen LogP contribution in [0.5, 0.6) is 0 Å². The van der Waals surface area contributed by atoms with Gasteiger partial charge in [0.15, 0.2) is 0 Å². The molecule has 4 heteroatoms. The molecule has 0 unspecified atom stereocenters. The Morgan fingerprint density at radius 1 is 1.07 bits per heavy atom. The van der Waals surface area contributed by atoms with Crippen LogP contribution in [0.4, 0.5) is 5.69 Å². The SMILES string of the molecule is O=C(/C=C/c1cccnc1)NCC[C@@H]1[C@H]2CN(c3ccc4ccccc4c3)C[C@@H]12. The number of carbonyl (C=O) groups is 1. The second-order valence-corrected chi connectivity index (χ2v) is 8.13. The maximum absolute atomic E-state index is 12.0. The van der Waals surface area contributed by atoms with Gasteiger partial charge in [0.25, 0.3) is 0 Å². The Labute approximate surface area is 171 Å². The zero-order chi connectivity index (χ0) is 19.6. The molecule has 1 aliphatic heterocycles. The fourth-order valence-electron chi connectivity index (χ4n) is 4.73. The van der Waals surface area contributed by atoms with Gasteiger partial charge < -0.3 is 10.2 Å². The summed E-state index contributed by atoms with van der Waals surface area (Å²) in [5.74, 6) is 2.29. The first-order valence-electron chi connectivity index (χ1n) is 10.4. The minimum Gasteiger partial charge on any atom is -0.371 e.